The van der Waals surface area contributed by atoms with Crippen LogP contribution in [0.2, 0.25) is 5.15 Å². The summed E-state index contributed by atoms with van der Waals surface area (Å²) in [6, 6.07) is 9.81. The zero-order valence-corrected chi connectivity index (χ0v) is 11.8. The van der Waals surface area contributed by atoms with Gasteiger partial charge in [-0.25, -0.2) is 9.97 Å². The Morgan fingerprint density at radius 2 is 2.21 bits per heavy atom. The van der Waals surface area contributed by atoms with Crippen LogP contribution in [0.15, 0.2) is 35.5 Å². The molecule has 0 spiro atoms. The molecule has 6 heteroatoms. The fraction of sp³-hybridized carbons (Fsp3) is 0.231. The van der Waals surface area contributed by atoms with Crippen molar-refractivity contribution in [3.05, 3.63) is 41.0 Å². The Labute approximate surface area is 120 Å². The quantitative estimate of drug-likeness (QED) is 0.534. The molecule has 1 unspecified atom stereocenters. The molecule has 0 saturated heterocycles. The average molecular weight is 294 g/mol. The van der Waals surface area contributed by atoms with E-state index in [9.17, 15) is 0 Å². The molecule has 0 radical (unpaired) electrons. The van der Waals surface area contributed by atoms with Crippen LogP contribution in [0.5, 0.6) is 5.75 Å². The number of nitrogens with one attached hydrogen (secondary N) is 1. The zero-order valence-electron chi connectivity index (χ0n) is 10.3. The molecular weight excluding hydrogens is 282 g/mol. The van der Waals surface area contributed by atoms with E-state index in [1.807, 2.05) is 24.5 Å². The SMILES string of the molecule is CSc1nc(Cl)cc(NC2COc3ccccc32)n1. The van der Waals surface area contributed by atoms with Crippen molar-refractivity contribution in [3.8, 4) is 5.75 Å². The third-order valence-electron chi connectivity index (χ3n) is 2.88. The van der Waals surface area contributed by atoms with E-state index in [0.29, 0.717) is 16.9 Å². The first-order valence-corrected chi connectivity index (χ1v) is 7.43. The first kappa shape index (κ1) is 12.6. The Morgan fingerprint density at radius 3 is 3.05 bits per heavy atom. The maximum absolute atomic E-state index is 5.98. The minimum atomic E-state index is 0.0943. The molecule has 2 heterocycles. The third-order valence-corrected chi connectivity index (χ3v) is 3.62. The molecule has 1 aliphatic heterocycles. The number of hydrogen-bond acceptors (Lipinski definition) is 5. The normalized spacial score (nSPS) is 16.8. The van der Waals surface area contributed by atoms with Crippen molar-refractivity contribution in [2.75, 3.05) is 18.2 Å². The van der Waals surface area contributed by atoms with Gasteiger partial charge in [0, 0.05) is 11.6 Å². The highest BCUT2D eigenvalue weighted by atomic mass is 35.5. The van der Waals surface area contributed by atoms with Gasteiger partial charge in [-0.2, -0.15) is 0 Å². The predicted molar refractivity (Wildman–Crippen MR) is 77.1 cm³/mol. The summed E-state index contributed by atoms with van der Waals surface area (Å²) in [7, 11) is 0. The molecule has 19 heavy (non-hydrogen) atoms. The molecule has 1 aromatic carbocycles. The van der Waals surface area contributed by atoms with Gasteiger partial charge in [0.15, 0.2) is 5.16 Å². The van der Waals surface area contributed by atoms with Crippen LogP contribution in [0, 0.1) is 0 Å². The van der Waals surface area contributed by atoms with Crippen LogP contribution >= 0.6 is 23.4 Å². The van der Waals surface area contributed by atoms with Gasteiger partial charge >= 0.3 is 0 Å². The fourth-order valence-electron chi connectivity index (χ4n) is 2.02. The lowest BCUT2D eigenvalue weighted by Gasteiger charge is -2.12. The number of para-hydroxylation sites is 1. The standard InChI is InChI=1S/C13H12ClN3OS/c1-19-13-16-11(14)6-12(17-13)15-9-7-18-10-5-3-2-4-8(9)10/h2-6,9H,7H2,1H3,(H,15,16,17). The Morgan fingerprint density at radius 1 is 1.37 bits per heavy atom. The number of thioether (sulfide) groups is 1. The van der Waals surface area contributed by atoms with E-state index < -0.39 is 0 Å². The van der Waals surface area contributed by atoms with Crippen LogP contribution in [0.1, 0.15) is 11.6 Å². The number of rotatable bonds is 3. The molecule has 1 atom stereocenters. The van der Waals surface area contributed by atoms with Crippen molar-refractivity contribution in [1.29, 1.82) is 0 Å². The van der Waals surface area contributed by atoms with Crippen molar-refractivity contribution < 1.29 is 4.74 Å². The number of hydrogen-bond donors (Lipinski definition) is 1. The smallest absolute Gasteiger partial charge is 0.190 e. The third kappa shape index (κ3) is 2.62. The highest BCUT2D eigenvalue weighted by Gasteiger charge is 2.23. The summed E-state index contributed by atoms with van der Waals surface area (Å²) < 4.78 is 5.63. The number of anilines is 1. The van der Waals surface area contributed by atoms with Crippen molar-refractivity contribution in [2.24, 2.45) is 0 Å². The number of nitrogens with zero attached hydrogens (tertiary/aromatic N) is 2. The maximum Gasteiger partial charge on any atom is 0.190 e. The van der Waals surface area contributed by atoms with Crippen LogP contribution in [0.25, 0.3) is 0 Å². The van der Waals surface area contributed by atoms with Gasteiger partial charge in [-0.1, -0.05) is 41.6 Å². The maximum atomic E-state index is 5.98. The van der Waals surface area contributed by atoms with Crippen molar-refractivity contribution >= 4 is 29.2 Å². The van der Waals surface area contributed by atoms with E-state index >= 15 is 0 Å². The van der Waals surface area contributed by atoms with E-state index in [1.54, 1.807) is 6.07 Å². The molecule has 1 N–H and O–H groups in total. The van der Waals surface area contributed by atoms with Gasteiger partial charge in [-0.05, 0) is 12.3 Å². The summed E-state index contributed by atoms with van der Waals surface area (Å²) in [5.41, 5.74) is 1.14. The number of halogens is 1. The summed E-state index contributed by atoms with van der Waals surface area (Å²) in [5.74, 6) is 1.64. The Hall–Kier alpha value is -1.46. The highest BCUT2D eigenvalue weighted by Crippen LogP contribution is 2.34. The monoisotopic (exact) mass is 293 g/mol. The second kappa shape index (κ2) is 5.27. The Bertz CT molecular complexity index is 608. The molecule has 0 saturated carbocycles. The number of aromatic nitrogens is 2. The second-order valence-electron chi connectivity index (χ2n) is 4.11. The minimum absolute atomic E-state index is 0.0943. The molecular formula is C13H12ClN3OS. The molecule has 0 amide bonds. The van der Waals surface area contributed by atoms with Crippen molar-refractivity contribution in [3.63, 3.8) is 0 Å². The second-order valence-corrected chi connectivity index (χ2v) is 5.27. The molecule has 1 aliphatic rings. The molecule has 0 bridgehead atoms. The van der Waals surface area contributed by atoms with Gasteiger partial charge in [0.2, 0.25) is 0 Å². The first-order chi connectivity index (χ1) is 9.26. The predicted octanol–water partition coefficient (Wildman–Crippen LogP) is 3.40. The van der Waals surface area contributed by atoms with Gasteiger partial charge < -0.3 is 10.1 Å². The summed E-state index contributed by atoms with van der Waals surface area (Å²) in [5, 5.41) is 4.43. The largest absolute Gasteiger partial charge is 0.491 e. The Kier molecular flexibility index (Phi) is 3.48. The molecule has 0 fully saturated rings. The number of ether oxygens (including phenoxy) is 1. The van der Waals surface area contributed by atoms with E-state index in [0.717, 1.165) is 17.1 Å². The minimum Gasteiger partial charge on any atom is -0.491 e. The fourth-order valence-corrected chi connectivity index (χ4v) is 2.64. The summed E-state index contributed by atoms with van der Waals surface area (Å²) in [6.07, 6.45) is 1.92. The van der Waals surface area contributed by atoms with Gasteiger partial charge in [0.05, 0.1) is 6.04 Å². The van der Waals surface area contributed by atoms with E-state index in [4.69, 9.17) is 16.3 Å². The lowest BCUT2D eigenvalue weighted by atomic mass is 10.1. The van der Waals surface area contributed by atoms with Crippen LogP contribution < -0.4 is 10.1 Å². The molecule has 2 aromatic rings. The van der Waals surface area contributed by atoms with Crippen LogP contribution in [-0.2, 0) is 0 Å². The summed E-state index contributed by atoms with van der Waals surface area (Å²) >= 11 is 7.44. The van der Waals surface area contributed by atoms with E-state index in [2.05, 4.69) is 21.4 Å². The van der Waals surface area contributed by atoms with E-state index in [1.165, 1.54) is 11.8 Å². The molecule has 4 nitrogen and oxygen atoms in total. The molecule has 1 aromatic heterocycles. The van der Waals surface area contributed by atoms with Crippen LogP contribution in [-0.4, -0.2) is 22.8 Å². The lowest BCUT2D eigenvalue weighted by molar-refractivity contribution is 0.339. The highest BCUT2D eigenvalue weighted by molar-refractivity contribution is 7.98. The van der Waals surface area contributed by atoms with Crippen molar-refractivity contribution in [2.45, 2.75) is 11.2 Å². The number of fused-ring (bicyclic) bond motifs is 1. The van der Waals surface area contributed by atoms with Crippen molar-refractivity contribution in [1.82, 2.24) is 9.97 Å². The molecule has 3 rings (SSSR count). The lowest BCUT2D eigenvalue weighted by Crippen LogP contribution is -2.13. The van der Waals surface area contributed by atoms with Gasteiger partial charge in [-0.3, -0.25) is 0 Å². The molecule has 98 valence electrons. The zero-order chi connectivity index (χ0) is 13.2. The van der Waals surface area contributed by atoms with E-state index in [-0.39, 0.29) is 6.04 Å². The first-order valence-electron chi connectivity index (χ1n) is 5.83. The summed E-state index contributed by atoms with van der Waals surface area (Å²) in [4.78, 5) is 8.51. The topological polar surface area (TPSA) is 47.0 Å². The van der Waals surface area contributed by atoms with Gasteiger partial charge in [-0.15, -0.1) is 0 Å². The summed E-state index contributed by atoms with van der Waals surface area (Å²) in [6.45, 7) is 0.593. The van der Waals surface area contributed by atoms with Crippen LogP contribution in [0.4, 0.5) is 5.82 Å². The number of benzene rings is 1. The average Bonchev–Trinajstić information content (AvgIpc) is 2.82. The van der Waals surface area contributed by atoms with Crippen LogP contribution in [0.3, 0.4) is 0 Å². The Balaban J connectivity index is 1.85. The molecule has 0 aliphatic carbocycles. The van der Waals surface area contributed by atoms with Gasteiger partial charge in [0.1, 0.15) is 23.3 Å². The van der Waals surface area contributed by atoms with Gasteiger partial charge in [0.25, 0.3) is 0 Å².